The second-order valence-electron chi connectivity index (χ2n) is 9.05. The fraction of sp³-hybridized carbons (Fsp3) is 0.231. The summed E-state index contributed by atoms with van der Waals surface area (Å²) in [6.07, 6.45) is 1.33. The molecular weight excluding hydrogens is 674 g/mol. The normalized spacial score (nSPS) is 13.0. The quantitative estimate of drug-likeness (QED) is 0.173. The van der Waals surface area contributed by atoms with Crippen LogP contribution >= 0.6 is 31.9 Å². The number of sulfonamides is 1. The Labute approximate surface area is 245 Å². The topological polar surface area (TPSA) is 131 Å². The molecule has 3 aromatic carbocycles. The number of carbonyl (C=O) groups is 1. The third-order valence-electron chi connectivity index (χ3n) is 5.47. The van der Waals surface area contributed by atoms with Crippen LogP contribution in [0.15, 0.2) is 84.5 Å². The van der Waals surface area contributed by atoms with Gasteiger partial charge in [0.05, 0.1) is 20.1 Å². The molecule has 0 saturated carbocycles. The van der Waals surface area contributed by atoms with E-state index < -0.39 is 32.1 Å². The minimum Gasteiger partial charge on any atom is -0.377 e. The van der Waals surface area contributed by atoms with E-state index in [2.05, 4.69) is 47.1 Å². The van der Waals surface area contributed by atoms with Gasteiger partial charge in [-0.15, -0.1) is 0 Å². The van der Waals surface area contributed by atoms with Crippen LogP contribution in [-0.4, -0.2) is 35.0 Å². The molecule has 0 aromatic heterocycles. The van der Waals surface area contributed by atoms with E-state index in [1.54, 1.807) is 50.2 Å². The van der Waals surface area contributed by atoms with Crippen molar-refractivity contribution in [2.75, 3.05) is 0 Å². The van der Waals surface area contributed by atoms with Crippen molar-refractivity contribution in [3.8, 4) is 5.75 Å². The Morgan fingerprint density at radius 3 is 1.85 bits per heavy atom. The van der Waals surface area contributed by atoms with E-state index in [4.69, 9.17) is 4.18 Å². The number of nitrogens with zero attached hydrogens (tertiary/aromatic N) is 1. The molecule has 208 valence electrons. The highest BCUT2D eigenvalue weighted by Gasteiger charge is 2.28. The highest BCUT2D eigenvalue weighted by Crippen LogP contribution is 2.36. The van der Waals surface area contributed by atoms with Crippen molar-refractivity contribution < 1.29 is 25.8 Å². The maximum atomic E-state index is 12.8. The van der Waals surface area contributed by atoms with Gasteiger partial charge in [-0.2, -0.15) is 18.2 Å². The zero-order chi connectivity index (χ0) is 29.0. The predicted octanol–water partition coefficient (Wildman–Crippen LogP) is 5.05. The van der Waals surface area contributed by atoms with Crippen LogP contribution in [0, 0.1) is 19.8 Å². The number of halogens is 2. The van der Waals surface area contributed by atoms with E-state index in [0.29, 0.717) is 14.5 Å². The Balaban J connectivity index is 1.72. The van der Waals surface area contributed by atoms with E-state index in [1.807, 2.05) is 13.8 Å². The molecule has 3 rings (SSSR count). The summed E-state index contributed by atoms with van der Waals surface area (Å²) in [6.45, 7) is 7.11. The average molecular weight is 701 g/mol. The van der Waals surface area contributed by atoms with Crippen molar-refractivity contribution in [3.05, 3.63) is 86.3 Å². The summed E-state index contributed by atoms with van der Waals surface area (Å²) in [4.78, 5) is 12.8. The Kier molecular flexibility index (Phi) is 10.1. The van der Waals surface area contributed by atoms with Crippen LogP contribution in [-0.2, 0) is 24.9 Å². The SMILES string of the molecule is Cc1ccc(S(=O)(=O)N[C@H](C(=O)N/N=C\c2cc(Br)c(OS(=O)(=O)c3ccc(C)cc3)c(Br)c2)C(C)C)cc1. The van der Waals surface area contributed by atoms with Gasteiger partial charge in [-0.3, -0.25) is 4.79 Å². The molecule has 0 heterocycles. The molecule has 0 bridgehead atoms. The van der Waals surface area contributed by atoms with E-state index in [9.17, 15) is 21.6 Å². The molecule has 1 amide bonds. The van der Waals surface area contributed by atoms with Crippen LogP contribution < -0.4 is 14.3 Å². The third kappa shape index (κ3) is 8.21. The van der Waals surface area contributed by atoms with Gasteiger partial charge in [-0.25, -0.2) is 13.8 Å². The molecule has 0 fully saturated rings. The first-order chi connectivity index (χ1) is 18.2. The summed E-state index contributed by atoms with van der Waals surface area (Å²) in [6, 6.07) is 14.6. The highest BCUT2D eigenvalue weighted by atomic mass is 79.9. The molecular formula is C26H27Br2N3O6S2. The molecule has 0 aliphatic heterocycles. The molecule has 3 aromatic rings. The van der Waals surface area contributed by atoms with Gasteiger partial charge >= 0.3 is 10.1 Å². The lowest BCUT2D eigenvalue weighted by Crippen LogP contribution is -2.48. The number of rotatable bonds is 10. The summed E-state index contributed by atoms with van der Waals surface area (Å²) in [5, 5.41) is 3.94. The van der Waals surface area contributed by atoms with Crippen LogP contribution in [0.1, 0.15) is 30.5 Å². The fourth-order valence-corrected chi connectivity index (χ4v) is 7.19. The second kappa shape index (κ2) is 12.7. The predicted molar refractivity (Wildman–Crippen MR) is 157 cm³/mol. The molecule has 0 radical (unpaired) electrons. The number of amides is 1. The molecule has 9 nitrogen and oxygen atoms in total. The van der Waals surface area contributed by atoms with E-state index in [1.165, 1.54) is 30.5 Å². The summed E-state index contributed by atoms with van der Waals surface area (Å²) < 4.78 is 59.3. The number of aryl methyl sites for hydroxylation is 2. The van der Waals surface area contributed by atoms with Crippen LogP contribution in [0.4, 0.5) is 0 Å². The summed E-state index contributed by atoms with van der Waals surface area (Å²) in [5.74, 6) is -0.961. The van der Waals surface area contributed by atoms with Crippen molar-refractivity contribution in [2.45, 2.75) is 43.5 Å². The molecule has 0 aliphatic carbocycles. The molecule has 39 heavy (non-hydrogen) atoms. The van der Waals surface area contributed by atoms with Crippen LogP contribution in [0.3, 0.4) is 0 Å². The molecule has 0 saturated heterocycles. The van der Waals surface area contributed by atoms with Crippen molar-refractivity contribution in [1.82, 2.24) is 10.1 Å². The highest BCUT2D eigenvalue weighted by molar-refractivity contribution is 9.11. The van der Waals surface area contributed by atoms with Gasteiger partial charge in [0.25, 0.3) is 5.91 Å². The van der Waals surface area contributed by atoms with Gasteiger partial charge in [0.1, 0.15) is 10.9 Å². The van der Waals surface area contributed by atoms with Gasteiger partial charge in [-0.05, 0) is 93.6 Å². The molecule has 2 N–H and O–H groups in total. The van der Waals surface area contributed by atoms with Gasteiger partial charge in [0, 0.05) is 0 Å². The van der Waals surface area contributed by atoms with Crippen molar-refractivity contribution in [1.29, 1.82) is 0 Å². The van der Waals surface area contributed by atoms with Gasteiger partial charge in [-0.1, -0.05) is 49.2 Å². The van der Waals surface area contributed by atoms with Crippen molar-refractivity contribution in [2.24, 2.45) is 11.0 Å². The first-order valence-corrected chi connectivity index (χ1v) is 16.1. The fourth-order valence-electron chi connectivity index (χ4n) is 3.28. The third-order valence-corrected chi connectivity index (χ3v) is 9.34. The number of hydrazone groups is 1. The number of nitrogens with one attached hydrogen (secondary N) is 2. The summed E-state index contributed by atoms with van der Waals surface area (Å²) in [7, 11) is -8.01. The summed E-state index contributed by atoms with van der Waals surface area (Å²) in [5.41, 5.74) is 4.68. The average Bonchev–Trinajstić information content (AvgIpc) is 2.85. The molecule has 13 heteroatoms. The number of hydrogen-bond acceptors (Lipinski definition) is 7. The molecule has 0 aliphatic rings. The lowest BCUT2D eigenvalue weighted by molar-refractivity contribution is -0.123. The lowest BCUT2D eigenvalue weighted by Gasteiger charge is -2.20. The van der Waals surface area contributed by atoms with Gasteiger partial charge < -0.3 is 4.18 Å². The van der Waals surface area contributed by atoms with E-state index >= 15 is 0 Å². The van der Waals surface area contributed by atoms with Crippen LogP contribution in [0.25, 0.3) is 0 Å². The zero-order valence-electron chi connectivity index (χ0n) is 21.5. The van der Waals surface area contributed by atoms with E-state index in [-0.39, 0.29) is 21.5 Å². The monoisotopic (exact) mass is 699 g/mol. The van der Waals surface area contributed by atoms with Gasteiger partial charge in [0.15, 0.2) is 5.75 Å². The molecule has 0 unspecified atom stereocenters. The van der Waals surface area contributed by atoms with Crippen molar-refractivity contribution in [3.63, 3.8) is 0 Å². The van der Waals surface area contributed by atoms with E-state index in [0.717, 1.165) is 11.1 Å². The Hall–Kier alpha value is -2.58. The molecule has 1 atom stereocenters. The Bertz CT molecular complexity index is 1570. The maximum Gasteiger partial charge on any atom is 0.339 e. The number of benzene rings is 3. The largest absolute Gasteiger partial charge is 0.377 e. The summed E-state index contributed by atoms with van der Waals surface area (Å²) >= 11 is 6.62. The smallest absolute Gasteiger partial charge is 0.339 e. The second-order valence-corrected chi connectivity index (χ2v) is 14.0. The number of carbonyl (C=O) groups excluding carboxylic acids is 1. The van der Waals surface area contributed by atoms with Crippen molar-refractivity contribution >= 4 is 64.1 Å². The lowest BCUT2D eigenvalue weighted by atomic mass is 10.1. The standard InChI is InChI=1S/C26H27Br2N3O6S2/c1-16(2)24(31-38(33,34)20-9-5-17(3)6-10-20)26(32)30-29-15-19-13-22(27)25(23(28)14-19)37-39(35,36)21-11-7-18(4)8-12-21/h5-16,24,31H,1-4H3,(H,30,32)/b29-15-/t24-/m0/s1. The Morgan fingerprint density at radius 1 is 0.872 bits per heavy atom. The first kappa shape index (κ1) is 31.0. The Morgan fingerprint density at radius 2 is 1.36 bits per heavy atom. The molecule has 0 spiro atoms. The number of hydrogen-bond donors (Lipinski definition) is 2. The van der Waals surface area contributed by atoms with Crippen LogP contribution in [0.5, 0.6) is 5.75 Å². The minimum atomic E-state index is -4.08. The van der Waals surface area contributed by atoms with Crippen LogP contribution in [0.2, 0.25) is 0 Å². The minimum absolute atomic E-state index is 0.0120. The maximum absolute atomic E-state index is 12.8. The zero-order valence-corrected chi connectivity index (χ0v) is 26.3. The first-order valence-electron chi connectivity index (χ1n) is 11.6. The van der Waals surface area contributed by atoms with Gasteiger partial charge in [0.2, 0.25) is 10.0 Å².